The van der Waals surface area contributed by atoms with Crippen LogP contribution in [0.5, 0.6) is 0 Å². The van der Waals surface area contributed by atoms with Gasteiger partial charge in [0.2, 0.25) is 65.0 Å². The number of benzene rings is 7. The molecule has 0 aliphatic heterocycles. The van der Waals surface area contributed by atoms with Gasteiger partial charge < -0.3 is 80.5 Å². The molecule has 0 aromatic heterocycles. The van der Waals surface area contributed by atoms with Gasteiger partial charge in [0.25, 0.3) is 0 Å². The molecule has 132 heavy (non-hydrogen) atoms. The summed E-state index contributed by atoms with van der Waals surface area (Å²) in [5, 5.41) is 28.9. The molecule has 0 aliphatic carbocycles. The monoisotopic (exact) mass is 1830 g/mol. The van der Waals surface area contributed by atoms with Crippen molar-refractivity contribution < 1.29 is 85.9 Å². The van der Waals surface area contributed by atoms with E-state index in [1.807, 2.05) is 137 Å². The second kappa shape index (κ2) is 50.6. The van der Waals surface area contributed by atoms with E-state index in [0.717, 1.165) is 22.5 Å². The highest BCUT2D eigenvalue weighted by Gasteiger charge is 2.47. The molecule has 0 bridgehead atoms. The number of nitrogens with one attached hydrogen (secondary N) is 7. The lowest BCUT2D eigenvalue weighted by atomic mass is 9.79. The molecule has 710 valence electrons. The fraction of sp³-hybridized carbons (Fsp3) is 0.446. The second-order valence-corrected chi connectivity index (χ2v) is 36.6. The van der Waals surface area contributed by atoms with Gasteiger partial charge in [-0.25, -0.2) is 4.79 Å². The summed E-state index contributed by atoms with van der Waals surface area (Å²) >= 11 is 0.787. The molecule has 0 heterocycles. The van der Waals surface area contributed by atoms with Crippen LogP contribution in [0, 0.1) is 23.7 Å². The zero-order chi connectivity index (χ0) is 97.4. The number of nitrogens with zero attached hydrogens (tertiary/aromatic N) is 5. The predicted molar refractivity (Wildman–Crippen MR) is 505 cm³/mol. The van der Waals surface area contributed by atoms with Crippen molar-refractivity contribution in [3.63, 3.8) is 0 Å². The Kier molecular flexibility index (Phi) is 40.7. The van der Waals surface area contributed by atoms with Gasteiger partial charge in [0, 0.05) is 54.5 Å². The highest BCUT2D eigenvalue weighted by atomic mass is 32.2. The average Bonchev–Trinajstić information content (AvgIpc) is 0.747. The topological polar surface area (TPSA) is 387 Å². The van der Waals surface area contributed by atoms with Crippen molar-refractivity contribution in [2.75, 3.05) is 41.8 Å². The Balaban J connectivity index is 1.21. The minimum Gasteiger partial charge on any atom is -0.480 e. The van der Waals surface area contributed by atoms with Crippen molar-refractivity contribution in [1.29, 1.82) is 0 Å². The number of hydrogen-bond donors (Lipinski definition) is 8. The normalized spacial score (nSPS) is 14.2. The van der Waals surface area contributed by atoms with Crippen LogP contribution in [-0.2, 0) is 107 Å². The summed E-state index contributed by atoms with van der Waals surface area (Å²) in [5.74, 6) is -12.8. The number of aliphatic carboxylic acids is 1. The lowest BCUT2D eigenvalue weighted by molar-refractivity contribution is -0.151. The highest BCUT2D eigenvalue weighted by molar-refractivity contribution is 7.94. The number of hydrogen-bond acceptors (Lipinski definition) is 18. The van der Waals surface area contributed by atoms with Gasteiger partial charge >= 0.3 is 18.0 Å². The number of rotatable bonds is 47. The molecule has 7 aromatic rings. The lowest BCUT2D eigenvalue weighted by Gasteiger charge is -2.41. The van der Waals surface area contributed by atoms with Crippen LogP contribution in [0.1, 0.15) is 155 Å². The van der Waals surface area contributed by atoms with E-state index in [1.165, 1.54) is 68.7 Å². The third kappa shape index (κ3) is 30.9. The first-order valence-corrected chi connectivity index (χ1v) is 45.5. The third-order valence-corrected chi connectivity index (χ3v) is 23.4. The fourth-order valence-corrected chi connectivity index (χ4v) is 16.0. The number of amides is 12. The summed E-state index contributed by atoms with van der Waals surface area (Å²) in [7, 11) is 6.86. The van der Waals surface area contributed by atoms with Crippen LogP contribution < -0.4 is 37.2 Å². The molecule has 0 aliphatic rings. The molecule has 31 heteroatoms. The molecule has 7 rings (SSSR count). The van der Waals surface area contributed by atoms with E-state index in [1.54, 1.807) is 159 Å². The van der Waals surface area contributed by atoms with E-state index >= 15 is 43.2 Å². The van der Waals surface area contributed by atoms with Crippen molar-refractivity contribution in [3.05, 3.63) is 251 Å². The smallest absolute Gasteiger partial charge is 0.408 e. The Labute approximate surface area is 780 Å². The Morgan fingerprint density at radius 3 is 1.23 bits per heavy atom. The van der Waals surface area contributed by atoms with E-state index in [4.69, 9.17) is 13.7 Å². The number of carbonyl (C=O) groups is 14. The molecular formula is C101H132N12O18S. The van der Waals surface area contributed by atoms with Gasteiger partial charge in [0.05, 0.1) is 36.9 Å². The number of ether oxygens (including phenoxy) is 2. The number of carboxylic acid groups (broad SMARTS) is 1. The van der Waals surface area contributed by atoms with Crippen LogP contribution in [0.25, 0.3) is 0 Å². The minimum absolute atomic E-state index is 0.0287. The fourth-order valence-electron chi connectivity index (χ4n) is 15.4. The lowest BCUT2D eigenvalue weighted by Crippen LogP contribution is -2.63. The van der Waals surface area contributed by atoms with Gasteiger partial charge in [-0.3, -0.25) is 62.3 Å². The van der Waals surface area contributed by atoms with Gasteiger partial charge in [0.1, 0.15) is 77.7 Å². The summed E-state index contributed by atoms with van der Waals surface area (Å²) < 4.78 is 18.5. The Bertz CT molecular complexity index is 4880. The average molecular weight is 1830 g/mol. The summed E-state index contributed by atoms with van der Waals surface area (Å²) in [6, 6.07) is 47.3. The maximum atomic E-state index is 16.4. The molecule has 12 amide bonds. The molecule has 12 atom stereocenters. The van der Waals surface area contributed by atoms with Gasteiger partial charge in [-0.05, 0) is 117 Å². The maximum Gasteiger partial charge on any atom is 0.408 e. The first-order valence-electron chi connectivity index (χ1n) is 44.6. The number of likely N-dealkylation sites (N-methyl/N-ethyl adjacent to an activating group) is 5. The third-order valence-electron chi connectivity index (χ3n) is 22.7. The Morgan fingerprint density at radius 1 is 0.379 bits per heavy atom. The van der Waals surface area contributed by atoms with Gasteiger partial charge in [-0.1, -0.05) is 268 Å². The van der Waals surface area contributed by atoms with Gasteiger partial charge in [-0.15, -0.1) is 0 Å². The first-order chi connectivity index (χ1) is 62.4. The van der Waals surface area contributed by atoms with Gasteiger partial charge in [-0.2, -0.15) is 0 Å². The standard InChI is InChI=1S/C101H132N12O18S/c1-63(2)55-79(111(17)96(124)85(65(5)6)107-88(116)67(9)104-99(128)130-100(12,13)14)92(120)108-86(69(11)129-101(74-49-35-24-36-50-74,75-51-37-25-38-52-75)76-53-39-26-40-54-76)97(125)112(18)80(58-71-43-29-21-30-44-71)90(118)102-61-83(114)109(15)82(56-64(3)4)95(123)113(19)87(66(7)8)93(121)105-77(57-70-41-27-20-28-42-70)89(117)106-78(60-84(115)131-132-62-73-47-33-23-34-48-73)94(122)110(16)81(59-72-45-31-22-32-46-72)91(119)103-68(10)98(126)127/h20-54,63-69,77-82,85-87H,55-62H2,1-19H3,(H,102,118)(H,103,119)(H,104,128)(H,105,121)(H,106,117)(H,107,116)(H,108,120)(H,126,127)/t67-,68-,69+,77-,78-,79-,80-,81-,82-,85-,86-,87-/m0/s1. The summed E-state index contributed by atoms with van der Waals surface area (Å²) in [6.07, 6.45) is -3.39. The van der Waals surface area contributed by atoms with Crippen molar-refractivity contribution in [1.82, 2.24) is 61.7 Å². The second-order valence-electron chi connectivity index (χ2n) is 35.9. The number of carboxylic acids is 1. The van der Waals surface area contributed by atoms with E-state index in [0.29, 0.717) is 33.4 Å². The largest absolute Gasteiger partial charge is 0.480 e. The van der Waals surface area contributed by atoms with Crippen molar-refractivity contribution in [3.8, 4) is 0 Å². The van der Waals surface area contributed by atoms with Crippen LogP contribution in [0.4, 0.5) is 4.79 Å². The molecule has 0 fully saturated rings. The van der Waals surface area contributed by atoms with E-state index in [2.05, 4.69) is 37.2 Å². The molecule has 0 saturated carbocycles. The molecule has 30 nitrogen and oxygen atoms in total. The van der Waals surface area contributed by atoms with Crippen molar-refractivity contribution >= 4 is 95.1 Å². The Hall–Kier alpha value is -12.8. The van der Waals surface area contributed by atoms with Crippen molar-refractivity contribution in [2.45, 2.75) is 225 Å². The van der Waals surface area contributed by atoms with Crippen LogP contribution in [0.2, 0.25) is 0 Å². The van der Waals surface area contributed by atoms with Crippen molar-refractivity contribution in [2.24, 2.45) is 23.7 Å². The summed E-state index contributed by atoms with van der Waals surface area (Å²) in [4.78, 5) is 212. The van der Waals surface area contributed by atoms with Crippen LogP contribution >= 0.6 is 12.0 Å². The van der Waals surface area contributed by atoms with Crippen LogP contribution in [-0.4, -0.2) is 233 Å². The van der Waals surface area contributed by atoms with E-state index in [-0.39, 0.29) is 49.7 Å². The Morgan fingerprint density at radius 2 is 0.780 bits per heavy atom. The SMILES string of the molecule is CC(C)C[C@@H](C(=O)N(C)[C@H](C(=O)N[C@@H](Cc1ccccc1)C(=O)N[C@@H](CC(=O)OSCc1ccccc1)C(=O)N(C)[C@@H](Cc1ccccc1)C(=O)N[C@@H](C)C(=O)O)C(C)C)N(C)C(=O)CNC(=O)[C@H](Cc1ccccc1)N(C)C(=O)[C@@H](NC(=O)[C@H](CC(C)C)N(C)C(=O)[C@@H](NC(=O)[C@H](C)NC(=O)OC(C)(C)C)C(C)C)[C@@H](C)OC(c1ccccc1)(c1ccccc1)c1ccccc1. The van der Waals surface area contributed by atoms with Crippen LogP contribution in [0.3, 0.4) is 0 Å². The zero-order valence-corrected chi connectivity index (χ0v) is 79.9. The van der Waals surface area contributed by atoms with E-state index < -0.39 is 192 Å². The molecule has 8 N–H and O–H groups in total. The highest BCUT2D eigenvalue weighted by Crippen LogP contribution is 2.42. The molecular weight excluding hydrogens is 1700 g/mol. The predicted octanol–water partition coefficient (Wildman–Crippen LogP) is 9.99. The molecule has 0 unspecified atom stereocenters. The number of carbonyl (C=O) groups excluding carboxylic acids is 13. The number of alkyl carbamates (subject to hydrolysis) is 1. The molecule has 0 radical (unpaired) electrons. The zero-order valence-electron chi connectivity index (χ0n) is 79.1. The van der Waals surface area contributed by atoms with E-state index in [9.17, 15) is 29.1 Å². The summed E-state index contributed by atoms with van der Waals surface area (Å²) in [5.41, 5.74) is 2.05. The molecule has 0 saturated heterocycles. The minimum atomic E-state index is -1.78. The van der Waals surface area contributed by atoms with Crippen LogP contribution in [0.15, 0.2) is 212 Å². The molecule has 7 aromatic carbocycles. The first kappa shape index (κ1) is 106. The maximum absolute atomic E-state index is 16.4. The quantitative estimate of drug-likeness (QED) is 0.0130. The molecule has 0 spiro atoms. The van der Waals surface area contributed by atoms with Gasteiger partial charge in [0.15, 0.2) is 0 Å². The summed E-state index contributed by atoms with van der Waals surface area (Å²) in [6.45, 7) is 22.7.